The number of nitrogen functional groups attached to an aromatic ring is 1. The van der Waals surface area contributed by atoms with Gasteiger partial charge in [0.15, 0.2) is 0 Å². The molecular weight excluding hydrogens is 330 g/mol. The number of likely N-dealkylation sites (tertiary alicyclic amines) is 1. The van der Waals surface area contributed by atoms with Crippen LogP contribution in [-0.4, -0.2) is 35.6 Å². The number of phenols is 1. The van der Waals surface area contributed by atoms with E-state index < -0.39 is 0 Å². The molecule has 0 saturated carbocycles. The number of ether oxygens (including phenoxy) is 1. The summed E-state index contributed by atoms with van der Waals surface area (Å²) in [6.07, 6.45) is 1.66. The molecule has 0 bridgehead atoms. The number of hydrogen-bond donors (Lipinski definition) is 2. The third-order valence-electron chi connectivity index (χ3n) is 4.64. The van der Waals surface area contributed by atoms with Gasteiger partial charge in [0.05, 0.1) is 12.3 Å². The van der Waals surface area contributed by atoms with Crippen molar-refractivity contribution in [2.75, 3.05) is 25.4 Å². The molecule has 2 aromatic rings. The summed E-state index contributed by atoms with van der Waals surface area (Å²) in [7, 11) is 0. The van der Waals surface area contributed by atoms with Crippen molar-refractivity contribution in [1.29, 1.82) is 5.26 Å². The monoisotopic (exact) mass is 351 g/mol. The molecule has 1 aliphatic rings. The lowest BCUT2D eigenvalue weighted by atomic mass is 9.97. The van der Waals surface area contributed by atoms with Crippen LogP contribution < -0.4 is 10.5 Å². The number of aromatic hydroxyl groups is 1. The van der Waals surface area contributed by atoms with Crippen LogP contribution in [0.4, 0.5) is 5.69 Å². The minimum absolute atomic E-state index is 0.0668. The first-order valence-electron chi connectivity index (χ1n) is 8.58. The number of amides is 1. The molecule has 0 aliphatic carbocycles. The molecule has 3 rings (SSSR count). The molecule has 0 atom stereocenters. The molecule has 1 fully saturated rings. The first-order valence-corrected chi connectivity index (χ1v) is 8.58. The van der Waals surface area contributed by atoms with Crippen LogP contribution in [0.2, 0.25) is 0 Å². The van der Waals surface area contributed by atoms with E-state index in [1.54, 1.807) is 41.3 Å². The summed E-state index contributed by atoms with van der Waals surface area (Å²) >= 11 is 0. The first-order chi connectivity index (χ1) is 12.6. The summed E-state index contributed by atoms with van der Waals surface area (Å²) in [5.41, 5.74) is 7.07. The molecule has 0 aromatic heterocycles. The Bertz CT molecular complexity index is 836. The maximum absolute atomic E-state index is 12.5. The van der Waals surface area contributed by atoms with Crippen LogP contribution in [0, 0.1) is 17.2 Å². The van der Waals surface area contributed by atoms with Gasteiger partial charge in [-0.1, -0.05) is 12.1 Å². The standard InChI is InChI=1S/C20H21N3O3/c21-12-17-18(22)5-2-6-19(17)26-13-14-7-9-23(10-8-14)20(25)15-3-1-4-16(24)11-15/h1-6,11,14,24H,7-10,13,22H2. The summed E-state index contributed by atoms with van der Waals surface area (Å²) in [6, 6.07) is 13.7. The zero-order chi connectivity index (χ0) is 18.5. The summed E-state index contributed by atoms with van der Waals surface area (Å²) in [4.78, 5) is 14.3. The smallest absolute Gasteiger partial charge is 0.253 e. The van der Waals surface area contributed by atoms with Crippen LogP contribution in [0.25, 0.3) is 0 Å². The Balaban J connectivity index is 1.54. The molecule has 1 amide bonds. The molecule has 134 valence electrons. The number of nitrogens with two attached hydrogens (primary N) is 1. The second-order valence-corrected chi connectivity index (χ2v) is 6.43. The highest BCUT2D eigenvalue weighted by molar-refractivity contribution is 5.94. The van der Waals surface area contributed by atoms with Crippen molar-refractivity contribution < 1.29 is 14.6 Å². The zero-order valence-electron chi connectivity index (χ0n) is 14.4. The van der Waals surface area contributed by atoms with Crippen LogP contribution >= 0.6 is 0 Å². The summed E-state index contributed by atoms with van der Waals surface area (Å²) in [5, 5.41) is 18.7. The van der Waals surface area contributed by atoms with E-state index in [0.29, 0.717) is 48.2 Å². The third kappa shape index (κ3) is 3.89. The van der Waals surface area contributed by atoms with Gasteiger partial charge in [-0.15, -0.1) is 0 Å². The van der Waals surface area contributed by atoms with Crippen LogP contribution in [-0.2, 0) is 0 Å². The van der Waals surface area contributed by atoms with Gasteiger partial charge in [-0.05, 0) is 49.1 Å². The van der Waals surface area contributed by atoms with E-state index >= 15 is 0 Å². The Labute approximate surface area is 152 Å². The van der Waals surface area contributed by atoms with Crippen LogP contribution in [0.5, 0.6) is 11.5 Å². The van der Waals surface area contributed by atoms with E-state index in [0.717, 1.165) is 12.8 Å². The van der Waals surface area contributed by atoms with E-state index in [2.05, 4.69) is 6.07 Å². The lowest BCUT2D eigenvalue weighted by Gasteiger charge is -2.32. The number of nitrogens with zero attached hydrogens (tertiary/aromatic N) is 2. The van der Waals surface area contributed by atoms with E-state index in [1.165, 1.54) is 6.07 Å². The molecule has 0 radical (unpaired) electrons. The van der Waals surface area contributed by atoms with Gasteiger partial charge in [-0.25, -0.2) is 0 Å². The fourth-order valence-electron chi connectivity index (χ4n) is 3.12. The molecule has 1 heterocycles. The summed E-state index contributed by atoms with van der Waals surface area (Å²) in [6.45, 7) is 1.78. The number of carbonyl (C=O) groups excluding carboxylic acids is 1. The van der Waals surface area contributed by atoms with E-state index in [-0.39, 0.29) is 11.7 Å². The predicted molar refractivity (Wildman–Crippen MR) is 97.8 cm³/mol. The zero-order valence-corrected chi connectivity index (χ0v) is 14.4. The van der Waals surface area contributed by atoms with Crippen molar-refractivity contribution in [3.63, 3.8) is 0 Å². The minimum Gasteiger partial charge on any atom is -0.508 e. The molecule has 1 aliphatic heterocycles. The Morgan fingerprint density at radius 2 is 2.00 bits per heavy atom. The fourth-order valence-corrected chi connectivity index (χ4v) is 3.12. The number of benzene rings is 2. The first kappa shape index (κ1) is 17.6. The summed E-state index contributed by atoms with van der Waals surface area (Å²) < 4.78 is 5.81. The Morgan fingerprint density at radius 3 is 2.69 bits per heavy atom. The number of phenolic OH excluding ortho intramolecular Hbond substituents is 1. The number of rotatable bonds is 4. The van der Waals surface area contributed by atoms with Gasteiger partial charge in [0.1, 0.15) is 23.1 Å². The van der Waals surface area contributed by atoms with Crippen LogP contribution in [0.1, 0.15) is 28.8 Å². The van der Waals surface area contributed by atoms with Gasteiger partial charge >= 0.3 is 0 Å². The van der Waals surface area contributed by atoms with Gasteiger partial charge in [0.25, 0.3) is 5.91 Å². The van der Waals surface area contributed by atoms with Crippen molar-refractivity contribution in [3.8, 4) is 17.6 Å². The molecule has 3 N–H and O–H groups in total. The molecule has 2 aromatic carbocycles. The molecule has 6 nitrogen and oxygen atoms in total. The molecular formula is C20H21N3O3. The molecule has 0 spiro atoms. The Kier molecular flexibility index (Phi) is 5.28. The average Bonchev–Trinajstić information content (AvgIpc) is 2.66. The van der Waals surface area contributed by atoms with E-state index in [9.17, 15) is 15.2 Å². The van der Waals surface area contributed by atoms with Crippen molar-refractivity contribution in [1.82, 2.24) is 4.90 Å². The van der Waals surface area contributed by atoms with Crippen LogP contribution in [0.3, 0.4) is 0 Å². The van der Waals surface area contributed by atoms with Gasteiger partial charge in [-0.3, -0.25) is 4.79 Å². The highest BCUT2D eigenvalue weighted by Crippen LogP contribution is 2.26. The van der Waals surface area contributed by atoms with Gasteiger partial charge in [-0.2, -0.15) is 5.26 Å². The number of anilines is 1. The molecule has 1 saturated heterocycles. The lowest BCUT2D eigenvalue weighted by molar-refractivity contribution is 0.0660. The van der Waals surface area contributed by atoms with Crippen LogP contribution in [0.15, 0.2) is 42.5 Å². The molecule has 6 heteroatoms. The van der Waals surface area contributed by atoms with E-state index in [1.807, 2.05) is 0 Å². The van der Waals surface area contributed by atoms with Crippen molar-refractivity contribution in [2.45, 2.75) is 12.8 Å². The Morgan fingerprint density at radius 1 is 1.27 bits per heavy atom. The minimum atomic E-state index is -0.0668. The number of hydrogen-bond acceptors (Lipinski definition) is 5. The number of piperidine rings is 1. The molecule has 26 heavy (non-hydrogen) atoms. The average molecular weight is 351 g/mol. The quantitative estimate of drug-likeness (QED) is 0.825. The third-order valence-corrected chi connectivity index (χ3v) is 4.64. The topological polar surface area (TPSA) is 99.6 Å². The largest absolute Gasteiger partial charge is 0.508 e. The predicted octanol–water partition coefficient (Wildman–Crippen LogP) is 2.78. The lowest BCUT2D eigenvalue weighted by Crippen LogP contribution is -2.39. The number of nitriles is 1. The summed E-state index contributed by atoms with van der Waals surface area (Å²) in [5.74, 6) is 0.847. The maximum atomic E-state index is 12.5. The second kappa shape index (κ2) is 7.79. The van der Waals surface area contributed by atoms with Crippen molar-refractivity contribution in [3.05, 3.63) is 53.6 Å². The normalized spacial score (nSPS) is 14.7. The van der Waals surface area contributed by atoms with E-state index in [4.69, 9.17) is 10.5 Å². The van der Waals surface area contributed by atoms with Crippen molar-refractivity contribution in [2.24, 2.45) is 5.92 Å². The number of carbonyl (C=O) groups is 1. The Hall–Kier alpha value is -3.20. The highest BCUT2D eigenvalue weighted by Gasteiger charge is 2.24. The highest BCUT2D eigenvalue weighted by atomic mass is 16.5. The fraction of sp³-hybridized carbons (Fsp3) is 0.300. The van der Waals surface area contributed by atoms with Gasteiger partial charge < -0.3 is 20.5 Å². The van der Waals surface area contributed by atoms with Gasteiger partial charge in [0.2, 0.25) is 0 Å². The van der Waals surface area contributed by atoms with Crippen molar-refractivity contribution >= 4 is 11.6 Å². The molecule has 0 unspecified atom stereocenters. The van der Waals surface area contributed by atoms with Gasteiger partial charge in [0, 0.05) is 18.7 Å². The SMILES string of the molecule is N#Cc1c(N)cccc1OCC1CCN(C(=O)c2cccc(O)c2)CC1. The maximum Gasteiger partial charge on any atom is 0.253 e. The second-order valence-electron chi connectivity index (χ2n) is 6.43.